The Morgan fingerprint density at radius 2 is 1.96 bits per heavy atom. The minimum atomic E-state index is 0.0598. The number of nitrogens with one attached hydrogen (secondary N) is 1. The Labute approximate surface area is 163 Å². The second kappa shape index (κ2) is 8.44. The van der Waals surface area contributed by atoms with E-state index in [0.29, 0.717) is 4.58 Å². The molecule has 26 heavy (non-hydrogen) atoms. The van der Waals surface area contributed by atoms with E-state index in [2.05, 4.69) is 23.2 Å². The highest BCUT2D eigenvalue weighted by atomic mass is 32.2. The molecule has 138 valence electrons. The lowest BCUT2D eigenvalue weighted by molar-refractivity contribution is -0.134. The maximum atomic E-state index is 12.6. The SMILES string of the molecule is O=C(COc1ccc(C2SCCCS2)cc1)N1CCC[C@H]1c1ccc[nH]1. The van der Waals surface area contributed by atoms with Gasteiger partial charge >= 0.3 is 0 Å². The number of hydrogen-bond donors (Lipinski definition) is 1. The first-order valence-electron chi connectivity index (χ1n) is 9.20. The second-order valence-corrected chi connectivity index (χ2v) is 9.38. The zero-order chi connectivity index (χ0) is 17.8. The number of nitrogens with zero attached hydrogens (tertiary/aromatic N) is 1. The van der Waals surface area contributed by atoms with Crippen LogP contribution >= 0.6 is 23.5 Å². The van der Waals surface area contributed by atoms with E-state index in [4.69, 9.17) is 4.74 Å². The lowest BCUT2D eigenvalue weighted by Gasteiger charge is -2.24. The molecule has 0 radical (unpaired) electrons. The molecule has 2 aromatic rings. The summed E-state index contributed by atoms with van der Waals surface area (Å²) in [5.41, 5.74) is 2.45. The van der Waals surface area contributed by atoms with E-state index >= 15 is 0 Å². The molecular weight excluding hydrogens is 364 g/mol. The molecule has 0 aliphatic carbocycles. The number of thioether (sulfide) groups is 2. The van der Waals surface area contributed by atoms with Crippen molar-refractivity contribution in [3.8, 4) is 5.75 Å². The van der Waals surface area contributed by atoms with E-state index in [1.165, 1.54) is 23.5 Å². The van der Waals surface area contributed by atoms with Crippen LogP contribution < -0.4 is 4.74 Å². The van der Waals surface area contributed by atoms with Gasteiger partial charge in [0.25, 0.3) is 5.91 Å². The third-order valence-electron chi connectivity index (χ3n) is 4.90. The molecule has 6 heteroatoms. The van der Waals surface area contributed by atoms with Crippen molar-refractivity contribution in [3.63, 3.8) is 0 Å². The Morgan fingerprint density at radius 1 is 1.15 bits per heavy atom. The van der Waals surface area contributed by atoms with Gasteiger partial charge in [0.1, 0.15) is 5.75 Å². The van der Waals surface area contributed by atoms with Crippen molar-refractivity contribution in [1.29, 1.82) is 0 Å². The number of ether oxygens (including phenoxy) is 1. The number of aromatic amines is 1. The fourth-order valence-corrected chi connectivity index (χ4v) is 6.46. The van der Waals surface area contributed by atoms with Crippen LogP contribution in [-0.2, 0) is 4.79 Å². The number of carbonyl (C=O) groups excluding carboxylic acids is 1. The Balaban J connectivity index is 1.32. The average molecular weight is 389 g/mol. The van der Waals surface area contributed by atoms with E-state index in [1.54, 1.807) is 0 Å². The molecule has 3 heterocycles. The molecule has 1 atom stereocenters. The number of carbonyl (C=O) groups is 1. The summed E-state index contributed by atoms with van der Waals surface area (Å²) in [5, 5.41) is 0. The Kier molecular flexibility index (Phi) is 5.80. The van der Waals surface area contributed by atoms with Gasteiger partial charge in [-0.05, 0) is 60.6 Å². The van der Waals surface area contributed by atoms with Gasteiger partial charge < -0.3 is 14.6 Å². The number of hydrogen-bond acceptors (Lipinski definition) is 4. The number of aromatic nitrogens is 1. The quantitative estimate of drug-likeness (QED) is 0.811. The molecular formula is C20H24N2O2S2. The molecule has 1 aromatic carbocycles. The van der Waals surface area contributed by atoms with Crippen molar-refractivity contribution >= 4 is 29.4 Å². The number of H-pyrrole nitrogens is 1. The van der Waals surface area contributed by atoms with Crippen LogP contribution in [0, 0.1) is 0 Å². The average Bonchev–Trinajstić information content (AvgIpc) is 3.38. The fourth-order valence-electron chi connectivity index (χ4n) is 3.57. The zero-order valence-corrected chi connectivity index (χ0v) is 16.4. The van der Waals surface area contributed by atoms with Gasteiger partial charge in [0.05, 0.1) is 10.6 Å². The normalized spacial score (nSPS) is 21.1. The third kappa shape index (κ3) is 4.07. The smallest absolute Gasteiger partial charge is 0.261 e. The lowest BCUT2D eigenvalue weighted by atomic mass is 10.1. The van der Waals surface area contributed by atoms with Crippen LogP contribution in [0.1, 0.15) is 41.1 Å². The van der Waals surface area contributed by atoms with Gasteiger partial charge in [-0.1, -0.05) is 12.1 Å². The summed E-state index contributed by atoms with van der Waals surface area (Å²) >= 11 is 4.03. The molecule has 2 saturated heterocycles. The summed E-state index contributed by atoms with van der Waals surface area (Å²) in [6.07, 6.45) is 5.27. The van der Waals surface area contributed by atoms with E-state index < -0.39 is 0 Å². The molecule has 4 rings (SSSR count). The summed E-state index contributed by atoms with van der Waals surface area (Å²) in [4.78, 5) is 17.8. The van der Waals surface area contributed by atoms with Crippen molar-refractivity contribution < 1.29 is 9.53 Å². The highest BCUT2D eigenvalue weighted by Gasteiger charge is 2.30. The summed E-state index contributed by atoms with van der Waals surface area (Å²) < 4.78 is 6.31. The van der Waals surface area contributed by atoms with E-state index in [1.807, 2.05) is 52.8 Å². The molecule has 2 fully saturated rings. The fraction of sp³-hybridized carbons (Fsp3) is 0.450. The zero-order valence-electron chi connectivity index (χ0n) is 14.7. The first-order valence-corrected chi connectivity index (χ1v) is 11.3. The van der Waals surface area contributed by atoms with Crippen molar-refractivity contribution in [2.75, 3.05) is 24.7 Å². The van der Waals surface area contributed by atoms with E-state index in [9.17, 15) is 4.79 Å². The lowest BCUT2D eigenvalue weighted by Crippen LogP contribution is -2.34. The van der Waals surface area contributed by atoms with Gasteiger partial charge in [-0.2, -0.15) is 0 Å². The maximum Gasteiger partial charge on any atom is 0.261 e. The van der Waals surface area contributed by atoms with Crippen LogP contribution in [-0.4, -0.2) is 40.4 Å². The number of amides is 1. The van der Waals surface area contributed by atoms with Gasteiger partial charge in [-0.15, -0.1) is 23.5 Å². The summed E-state index contributed by atoms with van der Waals surface area (Å²) in [7, 11) is 0. The molecule has 0 saturated carbocycles. The molecule has 4 nitrogen and oxygen atoms in total. The highest BCUT2D eigenvalue weighted by Crippen LogP contribution is 2.43. The van der Waals surface area contributed by atoms with E-state index in [-0.39, 0.29) is 18.6 Å². The number of likely N-dealkylation sites (tertiary alicyclic amines) is 1. The first-order chi connectivity index (χ1) is 12.8. The van der Waals surface area contributed by atoms with Gasteiger partial charge in [-0.25, -0.2) is 0 Å². The summed E-state index contributed by atoms with van der Waals surface area (Å²) in [6, 6.07) is 12.4. The first kappa shape index (κ1) is 17.9. The number of benzene rings is 1. The van der Waals surface area contributed by atoms with Crippen LogP contribution in [0.3, 0.4) is 0 Å². The van der Waals surface area contributed by atoms with Crippen LogP contribution in [0.5, 0.6) is 5.75 Å². The molecule has 0 spiro atoms. The third-order valence-corrected chi connectivity index (χ3v) is 7.91. The largest absolute Gasteiger partial charge is 0.484 e. The monoisotopic (exact) mass is 388 g/mol. The Bertz CT molecular complexity index is 712. The highest BCUT2D eigenvalue weighted by molar-refractivity contribution is 8.16. The van der Waals surface area contributed by atoms with Crippen LogP contribution in [0.25, 0.3) is 0 Å². The predicted octanol–water partition coefficient (Wildman–Crippen LogP) is 4.63. The van der Waals surface area contributed by atoms with Crippen molar-refractivity contribution in [2.24, 2.45) is 0 Å². The summed E-state index contributed by atoms with van der Waals surface area (Å²) in [5.74, 6) is 3.30. The molecule has 1 N–H and O–H groups in total. The van der Waals surface area contributed by atoms with Gasteiger partial charge in [0.2, 0.25) is 0 Å². The maximum absolute atomic E-state index is 12.6. The van der Waals surface area contributed by atoms with E-state index in [0.717, 1.165) is 30.8 Å². The molecule has 1 amide bonds. The summed E-state index contributed by atoms with van der Waals surface area (Å²) in [6.45, 7) is 0.907. The van der Waals surface area contributed by atoms with Crippen LogP contribution in [0.2, 0.25) is 0 Å². The van der Waals surface area contributed by atoms with Crippen molar-refractivity contribution in [1.82, 2.24) is 9.88 Å². The number of rotatable bonds is 5. The molecule has 0 bridgehead atoms. The van der Waals surface area contributed by atoms with Crippen LogP contribution in [0.15, 0.2) is 42.6 Å². The standard InChI is InChI=1S/C20H24N2O2S2/c23-19(22-11-2-5-18(22)17-4-1-10-21-17)14-24-16-8-6-15(7-9-16)20-25-12-3-13-26-20/h1,4,6-10,18,20-21H,2-3,5,11-14H2/t18-/m0/s1. The topological polar surface area (TPSA) is 45.3 Å². The minimum Gasteiger partial charge on any atom is -0.484 e. The van der Waals surface area contributed by atoms with Crippen molar-refractivity contribution in [2.45, 2.75) is 29.9 Å². The molecule has 1 aromatic heterocycles. The Morgan fingerprint density at radius 3 is 2.69 bits per heavy atom. The van der Waals surface area contributed by atoms with Crippen LogP contribution in [0.4, 0.5) is 0 Å². The molecule has 2 aliphatic heterocycles. The van der Waals surface area contributed by atoms with Gasteiger partial charge in [-0.3, -0.25) is 4.79 Å². The molecule has 2 aliphatic rings. The van der Waals surface area contributed by atoms with Gasteiger partial charge in [0, 0.05) is 18.4 Å². The molecule has 0 unspecified atom stereocenters. The van der Waals surface area contributed by atoms with Gasteiger partial charge in [0.15, 0.2) is 6.61 Å². The van der Waals surface area contributed by atoms with Crippen molar-refractivity contribution in [3.05, 3.63) is 53.9 Å². The minimum absolute atomic E-state index is 0.0598. The predicted molar refractivity (Wildman–Crippen MR) is 109 cm³/mol. The second-order valence-electron chi connectivity index (χ2n) is 6.66. The Hall–Kier alpha value is -1.53.